The highest BCUT2D eigenvalue weighted by Crippen LogP contribution is 2.28. The van der Waals surface area contributed by atoms with Gasteiger partial charge in [-0.25, -0.2) is 4.98 Å². The molecule has 0 aliphatic carbocycles. The largest absolute Gasteiger partial charge is 0.484 e. The van der Waals surface area contributed by atoms with Gasteiger partial charge in [-0.15, -0.1) is 11.3 Å². The number of hydrogen-bond acceptors (Lipinski definition) is 4. The minimum absolute atomic E-state index is 0.0447. The Hall–Kier alpha value is -2.66. The Morgan fingerprint density at radius 3 is 2.58 bits per heavy atom. The molecule has 5 heteroatoms. The SMILES string of the molecule is Cc1cccc(OCC(=O)N(c2ccccc2)c2nc(C)cs2)c1. The van der Waals surface area contributed by atoms with Gasteiger partial charge in [0.05, 0.1) is 11.4 Å². The van der Waals surface area contributed by atoms with Crippen LogP contribution in [0, 0.1) is 13.8 Å². The fourth-order valence-electron chi connectivity index (χ4n) is 2.30. The molecule has 0 saturated carbocycles. The first kappa shape index (κ1) is 16.2. The number of hydrogen-bond donors (Lipinski definition) is 0. The van der Waals surface area contributed by atoms with Crippen LogP contribution in [0.2, 0.25) is 0 Å². The van der Waals surface area contributed by atoms with Crippen LogP contribution in [0.25, 0.3) is 0 Å². The zero-order chi connectivity index (χ0) is 16.9. The average Bonchev–Trinajstić information content (AvgIpc) is 3.00. The Morgan fingerprint density at radius 1 is 1.12 bits per heavy atom. The minimum Gasteiger partial charge on any atom is -0.484 e. The van der Waals surface area contributed by atoms with Crippen molar-refractivity contribution in [3.05, 3.63) is 71.2 Å². The topological polar surface area (TPSA) is 42.4 Å². The maximum absolute atomic E-state index is 12.8. The molecule has 1 amide bonds. The molecule has 0 bridgehead atoms. The predicted octanol–water partition coefficient (Wildman–Crippen LogP) is 4.50. The van der Waals surface area contributed by atoms with Crippen molar-refractivity contribution in [1.29, 1.82) is 0 Å². The predicted molar refractivity (Wildman–Crippen MR) is 97.1 cm³/mol. The van der Waals surface area contributed by atoms with E-state index in [0.717, 1.165) is 16.9 Å². The summed E-state index contributed by atoms with van der Waals surface area (Å²) in [6, 6.07) is 17.2. The van der Waals surface area contributed by atoms with E-state index in [-0.39, 0.29) is 12.5 Å². The number of thiazole rings is 1. The lowest BCUT2D eigenvalue weighted by Gasteiger charge is -2.20. The quantitative estimate of drug-likeness (QED) is 0.688. The number of nitrogens with zero attached hydrogens (tertiary/aromatic N) is 2. The van der Waals surface area contributed by atoms with Crippen molar-refractivity contribution in [2.24, 2.45) is 0 Å². The third-order valence-corrected chi connectivity index (χ3v) is 4.36. The van der Waals surface area contributed by atoms with Gasteiger partial charge in [-0.3, -0.25) is 9.69 Å². The van der Waals surface area contributed by atoms with Crippen molar-refractivity contribution < 1.29 is 9.53 Å². The summed E-state index contributed by atoms with van der Waals surface area (Å²) in [5, 5.41) is 2.58. The summed E-state index contributed by atoms with van der Waals surface area (Å²) in [5.74, 6) is 0.531. The van der Waals surface area contributed by atoms with Crippen LogP contribution in [-0.2, 0) is 4.79 Å². The van der Waals surface area contributed by atoms with Crippen LogP contribution in [0.3, 0.4) is 0 Å². The summed E-state index contributed by atoms with van der Waals surface area (Å²) in [6.07, 6.45) is 0. The third-order valence-electron chi connectivity index (χ3n) is 3.41. The molecule has 122 valence electrons. The molecule has 0 unspecified atom stereocenters. The van der Waals surface area contributed by atoms with Gasteiger partial charge in [0.25, 0.3) is 5.91 Å². The molecule has 0 radical (unpaired) electrons. The Morgan fingerprint density at radius 2 is 1.92 bits per heavy atom. The van der Waals surface area contributed by atoms with Gasteiger partial charge in [0.15, 0.2) is 11.7 Å². The number of carbonyl (C=O) groups excluding carboxylic acids is 1. The van der Waals surface area contributed by atoms with E-state index in [1.807, 2.05) is 73.8 Å². The summed E-state index contributed by atoms with van der Waals surface area (Å²) < 4.78 is 5.67. The van der Waals surface area contributed by atoms with Crippen molar-refractivity contribution in [2.75, 3.05) is 11.5 Å². The Labute approximate surface area is 145 Å². The Kier molecular flexibility index (Phi) is 4.91. The lowest BCUT2D eigenvalue weighted by Crippen LogP contribution is -2.30. The Bertz CT molecular complexity index is 830. The van der Waals surface area contributed by atoms with Crippen LogP contribution in [0.5, 0.6) is 5.75 Å². The van der Waals surface area contributed by atoms with Crippen molar-refractivity contribution in [2.45, 2.75) is 13.8 Å². The molecule has 1 heterocycles. The second-order valence-corrected chi connectivity index (χ2v) is 6.28. The molecule has 4 nitrogen and oxygen atoms in total. The highest BCUT2D eigenvalue weighted by molar-refractivity contribution is 7.14. The molecular formula is C19H18N2O2S. The first-order valence-corrected chi connectivity index (χ1v) is 8.51. The van der Waals surface area contributed by atoms with Gasteiger partial charge in [0.1, 0.15) is 5.75 Å². The second kappa shape index (κ2) is 7.27. The van der Waals surface area contributed by atoms with E-state index >= 15 is 0 Å². The fourth-order valence-corrected chi connectivity index (χ4v) is 3.14. The van der Waals surface area contributed by atoms with Gasteiger partial charge < -0.3 is 4.74 Å². The van der Waals surface area contributed by atoms with Crippen molar-refractivity contribution in [3.63, 3.8) is 0 Å². The van der Waals surface area contributed by atoms with E-state index in [2.05, 4.69) is 4.98 Å². The molecule has 1 aromatic heterocycles. The standard InChI is InChI=1S/C19H18N2O2S/c1-14-7-6-10-17(11-14)23-12-18(22)21(16-8-4-3-5-9-16)19-20-15(2)13-24-19/h3-11,13H,12H2,1-2H3. The summed E-state index contributed by atoms with van der Waals surface area (Å²) >= 11 is 1.44. The number of amides is 1. The molecule has 0 spiro atoms. The van der Waals surface area contributed by atoms with E-state index < -0.39 is 0 Å². The maximum atomic E-state index is 12.8. The smallest absolute Gasteiger partial charge is 0.271 e. The zero-order valence-electron chi connectivity index (χ0n) is 13.6. The van der Waals surface area contributed by atoms with Crippen LogP contribution < -0.4 is 9.64 Å². The van der Waals surface area contributed by atoms with Crippen molar-refractivity contribution in [3.8, 4) is 5.75 Å². The Balaban J connectivity index is 1.81. The molecule has 0 aliphatic rings. The maximum Gasteiger partial charge on any atom is 0.271 e. The van der Waals surface area contributed by atoms with Crippen LogP contribution in [0.1, 0.15) is 11.3 Å². The van der Waals surface area contributed by atoms with Crippen molar-refractivity contribution >= 4 is 28.1 Å². The van der Waals surface area contributed by atoms with Gasteiger partial charge in [-0.05, 0) is 43.7 Å². The fraction of sp³-hybridized carbons (Fsp3) is 0.158. The van der Waals surface area contributed by atoms with Gasteiger partial charge >= 0.3 is 0 Å². The van der Waals surface area contributed by atoms with E-state index in [9.17, 15) is 4.79 Å². The molecule has 0 saturated heterocycles. The van der Waals surface area contributed by atoms with Crippen LogP contribution in [-0.4, -0.2) is 17.5 Å². The lowest BCUT2D eigenvalue weighted by molar-refractivity contribution is -0.119. The molecule has 0 N–H and O–H groups in total. The minimum atomic E-state index is -0.156. The number of ether oxygens (including phenoxy) is 1. The van der Waals surface area contributed by atoms with E-state index in [4.69, 9.17) is 4.74 Å². The molecule has 3 rings (SSSR count). The summed E-state index contributed by atoms with van der Waals surface area (Å²) in [5.41, 5.74) is 2.77. The average molecular weight is 338 g/mol. The number of aryl methyl sites for hydroxylation is 2. The van der Waals surface area contributed by atoms with Gasteiger partial charge in [0.2, 0.25) is 0 Å². The summed E-state index contributed by atoms with van der Waals surface area (Å²) in [6.45, 7) is 3.86. The highest BCUT2D eigenvalue weighted by Gasteiger charge is 2.21. The molecule has 2 aromatic carbocycles. The normalized spacial score (nSPS) is 10.4. The zero-order valence-corrected chi connectivity index (χ0v) is 14.4. The molecule has 0 atom stereocenters. The summed E-state index contributed by atoms with van der Waals surface area (Å²) in [7, 11) is 0. The first-order valence-electron chi connectivity index (χ1n) is 7.63. The second-order valence-electron chi connectivity index (χ2n) is 5.44. The number of para-hydroxylation sites is 1. The molecular weight excluding hydrogens is 320 g/mol. The van der Waals surface area contributed by atoms with Crippen LogP contribution in [0.4, 0.5) is 10.8 Å². The summed E-state index contributed by atoms with van der Waals surface area (Å²) in [4.78, 5) is 18.8. The number of anilines is 2. The number of carbonyl (C=O) groups is 1. The first-order chi connectivity index (χ1) is 11.6. The van der Waals surface area contributed by atoms with E-state index in [1.165, 1.54) is 11.3 Å². The monoisotopic (exact) mass is 338 g/mol. The third kappa shape index (κ3) is 3.81. The highest BCUT2D eigenvalue weighted by atomic mass is 32.1. The van der Waals surface area contributed by atoms with Gasteiger partial charge in [0, 0.05) is 5.38 Å². The van der Waals surface area contributed by atoms with E-state index in [1.54, 1.807) is 4.90 Å². The number of aromatic nitrogens is 1. The van der Waals surface area contributed by atoms with Crippen LogP contribution >= 0.6 is 11.3 Å². The van der Waals surface area contributed by atoms with Gasteiger partial charge in [-0.1, -0.05) is 30.3 Å². The lowest BCUT2D eigenvalue weighted by atomic mass is 10.2. The molecule has 24 heavy (non-hydrogen) atoms. The molecule has 0 fully saturated rings. The number of rotatable bonds is 5. The van der Waals surface area contributed by atoms with Crippen LogP contribution in [0.15, 0.2) is 60.0 Å². The van der Waals surface area contributed by atoms with E-state index in [0.29, 0.717) is 10.9 Å². The van der Waals surface area contributed by atoms with Crippen molar-refractivity contribution in [1.82, 2.24) is 4.98 Å². The molecule has 3 aromatic rings. The van der Waals surface area contributed by atoms with Gasteiger partial charge in [-0.2, -0.15) is 0 Å². The molecule has 0 aliphatic heterocycles. The number of benzene rings is 2.